The van der Waals surface area contributed by atoms with Gasteiger partial charge in [0.2, 0.25) is 9.84 Å². The monoisotopic (exact) mass is 472 g/mol. The van der Waals surface area contributed by atoms with Crippen LogP contribution >= 0.6 is 0 Å². The van der Waals surface area contributed by atoms with Crippen LogP contribution in [-0.4, -0.2) is 42.6 Å². The highest BCUT2D eigenvalue weighted by atomic mass is 32.2. The number of aromatic nitrogens is 3. The van der Waals surface area contributed by atoms with Gasteiger partial charge < -0.3 is 15.0 Å². The predicted octanol–water partition coefficient (Wildman–Crippen LogP) is 3.72. The fourth-order valence-corrected chi connectivity index (χ4v) is 5.14. The Hall–Kier alpha value is -2.78. The Bertz CT molecular complexity index is 1260. The van der Waals surface area contributed by atoms with Gasteiger partial charge in [-0.3, -0.25) is 9.78 Å². The lowest BCUT2D eigenvalue weighted by molar-refractivity contribution is 0.0995. The van der Waals surface area contributed by atoms with Gasteiger partial charge in [0.05, 0.1) is 20.8 Å². The first kappa shape index (κ1) is 24.9. The molecule has 1 unspecified atom stereocenters. The summed E-state index contributed by atoms with van der Waals surface area (Å²) in [5, 5.41) is 0. The molecule has 2 aromatic heterocycles. The van der Waals surface area contributed by atoms with E-state index in [-0.39, 0.29) is 20.9 Å². The third-order valence-electron chi connectivity index (χ3n) is 5.74. The van der Waals surface area contributed by atoms with E-state index in [4.69, 9.17) is 15.5 Å². The summed E-state index contributed by atoms with van der Waals surface area (Å²) in [5.41, 5.74) is 6.45. The number of nitrogens with two attached hydrogens (primary N) is 1. The molecule has 178 valence electrons. The van der Waals surface area contributed by atoms with Crippen molar-refractivity contribution >= 4 is 26.8 Å². The second-order valence-corrected chi connectivity index (χ2v) is 11.2. The molecule has 0 saturated carbocycles. The normalized spacial score (nSPS) is 13.4. The van der Waals surface area contributed by atoms with E-state index < -0.39 is 15.7 Å². The number of sulfone groups is 1. The summed E-state index contributed by atoms with van der Waals surface area (Å²) < 4.78 is 34.0. The molecule has 2 N–H and O–H groups in total. The molecule has 3 aromatic rings. The summed E-state index contributed by atoms with van der Waals surface area (Å²) in [6.07, 6.45) is 3.21. The number of primary amides is 1. The molecule has 8 nitrogen and oxygen atoms in total. The van der Waals surface area contributed by atoms with Gasteiger partial charge in [0.1, 0.15) is 11.5 Å². The lowest BCUT2D eigenvalue weighted by atomic mass is 9.95. The van der Waals surface area contributed by atoms with E-state index in [1.807, 2.05) is 6.07 Å². The maximum Gasteiger partial charge on any atom is 0.267 e. The number of rotatable bonds is 9. The summed E-state index contributed by atoms with van der Waals surface area (Å²) in [6.45, 7) is 9.93. The summed E-state index contributed by atoms with van der Waals surface area (Å²) >= 11 is 0. The molecule has 0 radical (unpaired) electrons. The maximum absolute atomic E-state index is 13.3. The number of hydrogen-bond donors (Lipinski definition) is 1. The van der Waals surface area contributed by atoms with Crippen LogP contribution in [0.25, 0.3) is 11.0 Å². The lowest BCUT2D eigenvalue weighted by Crippen LogP contribution is -2.22. The van der Waals surface area contributed by atoms with E-state index in [0.29, 0.717) is 18.0 Å². The number of carbonyl (C=O) groups is 1. The van der Waals surface area contributed by atoms with Crippen LogP contribution in [0.15, 0.2) is 46.3 Å². The molecule has 0 fully saturated rings. The minimum absolute atomic E-state index is 0.0354. The number of pyridine rings is 1. The Morgan fingerprint density at radius 1 is 1.18 bits per heavy atom. The molecule has 2 heterocycles. The quantitative estimate of drug-likeness (QED) is 0.507. The minimum Gasteiger partial charge on any atom is -0.385 e. The first-order valence-electron chi connectivity index (χ1n) is 11.0. The molecule has 3 rings (SSSR count). The van der Waals surface area contributed by atoms with Crippen LogP contribution in [0.4, 0.5) is 0 Å². The molecule has 0 aliphatic carbocycles. The Labute approximate surface area is 195 Å². The molecule has 0 spiro atoms. The van der Waals surface area contributed by atoms with Crippen molar-refractivity contribution in [3.63, 3.8) is 0 Å². The van der Waals surface area contributed by atoms with Crippen molar-refractivity contribution in [1.82, 2.24) is 14.5 Å². The average molecular weight is 473 g/mol. The predicted molar refractivity (Wildman–Crippen MR) is 127 cm³/mol. The van der Waals surface area contributed by atoms with E-state index in [1.54, 1.807) is 19.2 Å². The van der Waals surface area contributed by atoms with Gasteiger partial charge in [-0.15, -0.1) is 0 Å². The van der Waals surface area contributed by atoms with Crippen molar-refractivity contribution in [2.75, 3.05) is 13.7 Å². The molecular weight excluding hydrogens is 440 g/mol. The van der Waals surface area contributed by atoms with Gasteiger partial charge in [-0.1, -0.05) is 34.1 Å². The first-order valence-corrected chi connectivity index (χ1v) is 12.5. The van der Waals surface area contributed by atoms with E-state index >= 15 is 0 Å². The van der Waals surface area contributed by atoms with Crippen LogP contribution in [0.5, 0.6) is 0 Å². The number of carbonyl (C=O) groups excluding carboxylic acids is 1. The summed E-state index contributed by atoms with van der Waals surface area (Å²) in [4.78, 5) is 20.2. The highest BCUT2D eigenvalue weighted by Gasteiger charge is 2.26. The van der Waals surface area contributed by atoms with Crippen molar-refractivity contribution in [2.24, 2.45) is 11.7 Å². The van der Waals surface area contributed by atoms with E-state index in [1.165, 1.54) is 18.3 Å². The molecule has 33 heavy (non-hydrogen) atoms. The zero-order chi connectivity index (χ0) is 24.4. The van der Waals surface area contributed by atoms with E-state index in [0.717, 1.165) is 30.7 Å². The van der Waals surface area contributed by atoms with Gasteiger partial charge in [-0.05, 0) is 42.7 Å². The molecular formula is C24H32N4O4S. The Kier molecular flexibility index (Phi) is 7.23. The average Bonchev–Trinajstić information content (AvgIpc) is 3.14. The number of amides is 1. The standard InChI is InChI=1S/C24H32N4O4S/c1-6-16(10-12-32-5)15-28-21-8-7-17(13-19(21)27-23(28)24(2,3)4)33(30,31)18-9-11-26-20(14-18)22(25)29/h7-9,11,13-14,16H,6,10,12,15H2,1-5H3,(H2,25,29). The maximum atomic E-state index is 13.3. The molecule has 1 amide bonds. The van der Waals surface area contributed by atoms with Crippen LogP contribution in [0.1, 0.15) is 56.8 Å². The topological polar surface area (TPSA) is 117 Å². The second kappa shape index (κ2) is 9.61. The van der Waals surface area contributed by atoms with Gasteiger partial charge in [0.25, 0.3) is 5.91 Å². The molecule has 0 bridgehead atoms. The molecule has 9 heteroatoms. The highest BCUT2D eigenvalue weighted by Crippen LogP contribution is 2.31. The number of imidazole rings is 1. The third-order valence-corrected chi connectivity index (χ3v) is 7.49. The number of nitrogens with zero attached hydrogens (tertiary/aromatic N) is 3. The van der Waals surface area contributed by atoms with Crippen molar-refractivity contribution in [3.8, 4) is 0 Å². The van der Waals surface area contributed by atoms with Gasteiger partial charge in [0.15, 0.2) is 0 Å². The van der Waals surface area contributed by atoms with Gasteiger partial charge in [-0.25, -0.2) is 13.4 Å². The third kappa shape index (κ3) is 5.25. The van der Waals surface area contributed by atoms with Crippen LogP contribution in [-0.2, 0) is 26.5 Å². The Morgan fingerprint density at radius 3 is 2.48 bits per heavy atom. The number of methoxy groups -OCH3 is 1. The smallest absolute Gasteiger partial charge is 0.267 e. The van der Waals surface area contributed by atoms with Gasteiger partial charge in [0, 0.05) is 31.9 Å². The van der Waals surface area contributed by atoms with Crippen molar-refractivity contribution in [2.45, 2.75) is 62.3 Å². The second-order valence-electron chi connectivity index (χ2n) is 9.25. The highest BCUT2D eigenvalue weighted by molar-refractivity contribution is 7.91. The fourth-order valence-electron chi connectivity index (χ4n) is 3.85. The van der Waals surface area contributed by atoms with Crippen molar-refractivity contribution in [1.29, 1.82) is 0 Å². The van der Waals surface area contributed by atoms with Crippen molar-refractivity contribution < 1.29 is 17.9 Å². The minimum atomic E-state index is -3.88. The van der Waals surface area contributed by atoms with Gasteiger partial charge >= 0.3 is 0 Å². The van der Waals surface area contributed by atoms with E-state index in [9.17, 15) is 13.2 Å². The summed E-state index contributed by atoms with van der Waals surface area (Å²) in [6, 6.07) is 7.54. The fraction of sp³-hybridized carbons (Fsp3) is 0.458. The largest absolute Gasteiger partial charge is 0.385 e. The number of fused-ring (bicyclic) bond motifs is 1. The summed E-state index contributed by atoms with van der Waals surface area (Å²) in [5.74, 6) is 0.536. The Balaban J connectivity index is 2.10. The Morgan fingerprint density at radius 2 is 1.88 bits per heavy atom. The van der Waals surface area contributed by atoms with Crippen molar-refractivity contribution in [3.05, 3.63) is 48.0 Å². The first-order chi connectivity index (χ1) is 15.5. The number of benzene rings is 1. The zero-order valence-electron chi connectivity index (χ0n) is 19.8. The SMILES string of the molecule is CCC(CCOC)Cn1c(C(C)(C)C)nc2cc(S(=O)(=O)c3ccnc(C(N)=O)c3)ccc21. The zero-order valence-corrected chi connectivity index (χ0v) is 20.6. The molecule has 1 atom stereocenters. The molecule has 0 saturated heterocycles. The number of hydrogen-bond acceptors (Lipinski definition) is 6. The number of ether oxygens (including phenoxy) is 1. The lowest BCUT2D eigenvalue weighted by Gasteiger charge is -2.23. The van der Waals surface area contributed by atoms with Crippen LogP contribution in [0.3, 0.4) is 0 Å². The van der Waals surface area contributed by atoms with Crippen LogP contribution in [0, 0.1) is 5.92 Å². The molecule has 1 aromatic carbocycles. The van der Waals surface area contributed by atoms with Gasteiger partial charge in [-0.2, -0.15) is 0 Å². The molecule has 0 aliphatic rings. The van der Waals surface area contributed by atoms with Crippen LogP contribution < -0.4 is 5.73 Å². The molecule has 0 aliphatic heterocycles. The van der Waals surface area contributed by atoms with E-state index in [2.05, 4.69) is 37.2 Å². The summed E-state index contributed by atoms with van der Waals surface area (Å²) in [7, 11) is -2.17. The van der Waals surface area contributed by atoms with Crippen LogP contribution in [0.2, 0.25) is 0 Å².